The highest BCUT2D eigenvalue weighted by molar-refractivity contribution is 5.66. The van der Waals surface area contributed by atoms with E-state index in [1.54, 1.807) is 0 Å². The molecule has 0 aromatic rings. The lowest BCUT2D eigenvalue weighted by atomic mass is 9.35. The Bertz CT molecular complexity index is 1770. The first-order valence-corrected chi connectivity index (χ1v) is 24.6. The number of esters is 1. The maximum absolute atomic E-state index is 12.6. The van der Waals surface area contributed by atoms with E-state index in [-0.39, 0.29) is 53.1 Å². The molecule has 8 aliphatic rings. The van der Waals surface area contributed by atoms with E-state index in [0.717, 1.165) is 32.1 Å². The fraction of sp³-hybridized carbons (Fsp3) is 0.979. The van der Waals surface area contributed by atoms with E-state index >= 15 is 0 Å². The van der Waals surface area contributed by atoms with Crippen LogP contribution < -0.4 is 0 Å². The van der Waals surface area contributed by atoms with Crippen molar-refractivity contribution in [3.63, 3.8) is 0 Å². The second-order valence-electron chi connectivity index (χ2n) is 23.7. The summed E-state index contributed by atoms with van der Waals surface area (Å²) in [5.74, 6) is -0.389. The lowest BCUT2D eigenvalue weighted by Gasteiger charge is -2.71. The summed E-state index contributed by atoms with van der Waals surface area (Å²) in [7, 11) is 0. The van der Waals surface area contributed by atoms with E-state index < -0.39 is 134 Å². The average molecular weight is 961 g/mol. The minimum atomic E-state index is -1.72. The van der Waals surface area contributed by atoms with Gasteiger partial charge in [0.05, 0.1) is 43.2 Å². The molecule has 0 aromatic carbocycles. The van der Waals surface area contributed by atoms with Crippen LogP contribution in [0, 0.1) is 45.3 Å². The van der Waals surface area contributed by atoms with Gasteiger partial charge in [-0.15, -0.1) is 0 Å². The molecule has 19 nitrogen and oxygen atoms in total. The molecule has 10 N–H and O–H groups in total. The average Bonchev–Trinajstić information content (AvgIpc) is 3.63. The summed E-state index contributed by atoms with van der Waals surface area (Å²) in [6.07, 6.45) is -17.0. The van der Waals surface area contributed by atoms with Crippen LogP contribution >= 0.6 is 0 Å². The predicted octanol–water partition coefficient (Wildman–Crippen LogP) is 0.00420. The largest absolute Gasteiger partial charge is 0.460 e. The van der Waals surface area contributed by atoms with Crippen molar-refractivity contribution in [1.29, 1.82) is 0 Å². The summed E-state index contributed by atoms with van der Waals surface area (Å²) in [5, 5.41) is 109. The first-order chi connectivity index (χ1) is 31.1. The molecule has 0 aromatic heterocycles. The van der Waals surface area contributed by atoms with Crippen molar-refractivity contribution in [1.82, 2.24) is 0 Å². The van der Waals surface area contributed by atoms with Gasteiger partial charge in [-0.05, 0) is 111 Å². The van der Waals surface area contributed by atoms with Crippen LogP contribution in [0.4, 0.5) is 0 Å². The van der Waals surface area contributed by atoms with E-state index in [4.69, 9.17) is 37.9 Å². The topological polar surface area (TPSA) is 293 Å². The van der Waals surface area contributed by atoms with Gasteiger partial charge in [0, 0.05) is 13.3 Å². The van der Waals surface area contributed by atoms with Crippen LogP contribution in [0.1, 0.15) is 114 Å². The van der Waals surface area contributed by atoms with Gasteiger partial charge < -0.3 is 89.0 Å². The third-order valence-electron chi connectivity index (χ3n) is 19.2. The second kappa shape index (κ2) is 18.4. The monoisotopic (exact) mass is 961 g/mol. The number of aliphatic hydroxyl groups excluding tert-OH is 10. The minimum Gasteiger partial charge on any atom is -0.460 e. The van der Waals surface area contributed by atoms with Gasteiger partial charge in [-0.1, -0.05) is 34.6 Å². The zero-order valence-corrected chi connectivity index (χ0v) is 40.5. The SMILES string of the molecule is CC(=O)O[C@H]1C[C@@](C)([C@H]2CC[C@]3(C)[C@@H]2[C@H](O)C[C@@H]2[C@@]4(C)CC[C@H](O[C@@H]5O[C@H](CO[C@@H]6OC[C@@H](O)[C@H](O)[C@H]6O)[C@@H](O)[C@H](O)[C@H]5O[C@@H]5OC[C@@H](O)[C@H](O)[C@H]5O)C(C)(C)C4CC[C@]23C)OC(C)(C)[C@@H]1O. The Kier molecular flexibility index (Phi) is 14.3. The molecule has 386 valence electrons. The molecule has 0 amide bonds. The normalized spacial score (nSPS) is 55.2. The summed E-state index contributed by atoms with van der Waals surface area (Å²) in [4.78, 5) is 12.2. The van der Waals surface area contributed by atoms with Crippen LogP contribution in [0.25, 0.3) is 0 Å². The van der Waals surface area contributed by atoms with Gasteiger partial charge in [-0.2, -0.15) is 0 Å². The fourth-order valence-electron chi connectivity index (χ4n) is 15.5. The van der Waals surface area contributed by atoms with Crippen molar-refractivity contribution in [2.45, 2.75) is 229 Å². The van der Waals surface area contributed by atoms with E-state index in [0.29, 0.717) is 19.3 Å². The van der Waals surface area contributed by atoms with Crippen LogP contribution in [0.5, 0.6) is 0 Å². The van der Waals surface area contributed by atoms with E-state index in [2.05, 4.69) is 41.5 Å². The first kappa shape index (κ1) is 52.1. The maximum atomic E-state index is 12.6. The Morgan fingerprint density at radius 2 is 1.25 bits per heavy atom. The number of aliphatic hydroxyl groups is 10. The molecule has 0 spiro atoms. The Hall–Kier alpha value is -1.21. The van der Waals surface area contributed by atoms with Gasteiger partial charge in [0.15, 0.2) is 18.9 Å². The van der Waals surface area contributed by atoms with E-state index in [1.165, 1.54) is 6.92 Å². The standard InChI is InChI=1S/C48H80O19/c1-21(49)63-26-17-48(9,67-44(4,5)39(26)59)22-10-14-47(8)31(22)23(50)16-29-45(6)13-12-30(43(2,3)28(45)11-15-46(29,47)7)65-42-38(66-41-37(58)33(54)25(52)19-61-41)35(56)34(55)27(64-42)20-62-40-36(57)32(53)24(51)18-60-40/h22-42,50-59H,10-20H2,1-9H3/t22-,23+,24+,25+,26-,27+,28?,29+,30-,31-,32-,33-,34+,35-,36+,37+,38+,39+,40-,41-,42-,45-,46+,47+,48-/m0/s1. The summed E-state index contributed by atoms with van der Waals surface area (Å²) in [5.41, 5.74) is -2.97. The molecule has 4 aliphatic heterocycles. The fourth-order valence-corrected chi connectivity index (χ4v) is 15.5. The predicted molar refractivity (Wildman–Crippen MR) is 232 cm³/mol. The molecule has 4 heterocycles. The smallest absolute Gasteiger partial charge is 0.302 e. The summed E-state index contributed by atoms with van der Waals surface area (Å²) >= 11 is 0. The highest BCUT2D eigenvalue weighted by atomic mass is 16.8. The molecule has 8 fully saturated rings. The van der Waals surface area contributed by atoms with Gasteiger partial charge in [-0.25, -0.2) is 0 Å². The molecule has 8 rings (SSSR count). The van der Waals surface area contributed by atoms with Crippen LogP contribution in [-0.2, 0) is 42.7 Å². The van der Waals surface area contributed by atoms with Crippen molar-refractivity contribution in [2.24, 2.45) is 45.3 Å². The zero-order chi connectivity index (χ0) is 49.1. The van der Waals surface area contributed by atoms with Crippen LogP contribution in [0.3, 0.4) is 0 Å². The zero-order valence-electron chi connectivity index (χ0n) is 40.5. The van der Waals surface area contributed by atoms with Crippen molar-refractivity contribution in [3.8, 4) is 0 Å². The lowest BCUT2D eigenvalue weighted by molar-refractivity contribution is -0.375. The minimum absolute atomic E-state index is 0.0526. The Morgan fingerprint density at radius 3 is 1.90 bits per heavy atom. The number of carbonyl (C=O) groups excluding carboxylic acids is 1. The molecule has 0 bridgehead atoms. The molecule has 1 unspecified atom stereocenters. The molecule has 0 radical (unpaired) electrons. The van der Waals surface area contributed by atoms with Gasteiger partial charge in [0.1, 0.15) is 73.2 Å². The highest BCUT2D eigenvalue weighted by Gasteiger charge is 2.72. The maximum Gasteiger partial charge on any atom is 0.302 e. The summed E-state index contributed by atoms with van der Waals surface area (Å²) in [6, 6.07) is 0. The summed E-state index contributed by atoms with van der Waals surface area (Å²) < 4.78 is 48.5. The molecule has 4 saturated carbocycles. The summed E-state index contributed by atoms with van der Waals surface area (Å²) in [6.45, 7) is 17.4. The van der Waals surface area contributed by atoms with Gasteiger partial charge in [0.25, 0.3) is 0 Å². The second-order valence-corrected chi connectivity index (χ2v) is 23.7. The van der Waals surface area contributed by atoms with E-state index in [1.807, 2.05) is 13.8 Å². The van der Waals surface area contributed by atoms with Gasteiger partial charge in [0.2, 0.25) is 0 Å². The molecule has 19 heteroatoms. The number of hydrogen-bond acceptors (Lipinski definition) is 19. The number of ether oxygens (including phenoxy) is 8. The number of rotatable bonds is 9. The molecule has 25 atom stereocenters. The first-order valence-electron chi connectivity index (χ1n) is 24.6. The highest BCUT2D eigenvalue weighted by Crippen LogP contribution is 2.76. The van der Waals surface area contributed by atoms with Crippen molar-refractivity contribution >= 4 is 5.97 Å². The van der Waals surface area contributed by atoms with Crippen LogP contribution in [-0.4, -0.2) is 192 Å². The van der Waals surface area contributed by atoms with E-state index in [9.17, 15) is 55.9 Å². The molecular weight excluding hydrogens is 881 g/mol. The number of carbonyl (C=O) groups is 1. The van der Waals surface area contributed by atoms with Crippen molar-refractivity contribution in [3.05, 3.63) is 0 Å². The number of hydrogen-bond donors (Lipinski definition) is 10. The van der Waals surface area contributed by atoms with Gasteiger partial charge in [-0.3, -0.25) is 4.79 Å². The van der Waals surface area contributed by atoms with Crippen molar-refractivity contribution in [2.75, 3.05) is 19.8 Å². The number of fused-ring (bicyclic) bond motifs is 5. The Labute approximate surface area is 393 Å². The van der Waals surface area contributed by atoms with Crippen molar-refractivity contribution < 1.29 is 93.8 Å². The quantitative estimate of drug-likeness (QED) is 0.108. The molecular formula is C48H80O19. The molecule has 4 saturated heterocycles. The lowest BCUT2D eigenvalue weighted by Crippen LogP contribution is -2.68. The van der Waals surface area contributed by atoms with Crippen LogP contribution in [0.15, 0.2) is 0 Å². The van der Waals surface area contributed by atoms with Crippen LogP contribution in [0.2, 0.25) is 0 Å². The molecule has 67 heavy (non-hydrogen) atoms. The third-order valence-corrected chi connectivity index (χ3v) is 19.2. The Balaban J connectivity index is 1.02. The Morgan fingerprint density at radius 1 is 0.642 bits per heavy atom. The van der Waals surface area contributed by atoms with Gasteiger partial charge >= 0.3 is 5.97 Å². The third kappa shape index (κ3) is 8.66. The molecule has 4 aliphatic carbocycles.